The van der Waals surface area contributed by atoms with Crippen molar-refractivity contribution in [2.75, 3.05) is 13.2 Å². The Morgan fingerprint density at radius 2 is 1.56 bits per heavy atom. The Morgan fingerprint density at radius 1 is 0.969 bits per heavy atom. The summed E-state index contributed by atoms with van der Waals surface area (Å²) >= 11 is 0. The van der Waals surface area contributed by atoms with E-state index in [1.165, 1.54) is 5.56 Å². The van der Waals surface area contributed by atoms with Crippen molar-refractivity contribution in [1.82, 2.24) is 0 Å². The maximum absolute atomic E-state index is 12.5. The minimum atomic E-state index is -0.533. The first-order valence-corrected chi connectivity index (χ1v) is 12.3. The van der Waals surface area contributed by atoms with Gasteiger partial charge >= 0.3 is 5.97 Å². The SMILES string of the molecule is CCC(C)(CCOC(C)Oc1ccc(C(CC(C)(C)C)C(C)C)cc1)C(=O)OCC(C)C. The first-order chi connectivity index (χ1) is 14.8. The van der Waals surface area contributed by atoms with Crippen molar-refractivity contribution < 1.29 is 19.0 Å². The lowest BCUT2D eigenvalue weighted by Gasteiger charge is -2.29. The van der Waals surface area contributed by atoms with Gasteiger partial charge in [-0.25, -0.2) is 0 Å². The van der Waals surface area contributed by atoms with Crippen molar-refractivity contribution in [3.8, 4) is 5.75 Å². The number of rotatable bonds is 13. The average molecular weight is 449 g/mol. The van der Waals surface area contributed by atoms with Crippen LogP contribution in [0.4, 0.5) is 0 Å². The fraction of sp³-hybridized carbons (Fsp3) is 0.750. The molecule has 0 aliphatic rings. The maximum Gasteiger partial charge on any atom is 0.311 e. The van der Waals surface area contributed by atoms with Crippen LogP contribution < -0.4 is 4.74 Å². The minimum absolute atomic E-state index is 0.142. The molecule has 0 heterocycles. The van der Waals surface area contributed by atoms with Gasteiger partial charge in [0, 0.05) is 0 Å². The predicted molar refractivity (Wildman–Crippen MR) is 133 cm³/mol. The fourth-order valence-corrected chi connectivity index (χ4v) is 3.71. The maximum atomic E-state index is 12.5. The van der Waals surface area contributed by atoms with E-state index in [-0.39, 0.29) is 12.3 Å². The largest absolute Gasteiger partial charge is 0.465 e. The van der Waals surface area contributed by atoms with Crippen LogP contribution in [0, 0.1) is 22.7 Å². The molecule has 4 heteroatoms. The molecule has 0 amide bonds. The van der Waals surface area contributed by atoms with E-state index in [0.717, 1.165) is 18.6 Å². The van der Waals surface area contributed by atoms with Gasteiger partial charge in [-0.1, -0.05) is 67.5 Å². The molecular formula is C28H48O4. The van der Waals surface area contributed by atoms with Crippen molar-refractivity contribution in [1.29, 1.82) is 0 Å². The van der Waals surface area contributed by atoms with Crippen molar-refractivity contribution in [2.45, 2.75) is 101 Å². The highest BCUT2D eigenvalue weighted by Crippen LogP contribution is 2.37. The highest BCUT2D eigenvalue weighted by molar-refractivity contribution is 5.76. The van der Waals surface area contributed by atoms with Crippen LogP contribution in [0.1, 0.15) is 100.0 Å². The van der Waals surface area contributed by atoms with Gasteiger partial charge in [0.2, 0.25) is 0 Å². The molecule has 1 aromatic carbocycles. The van der Waals surface area contributed by atoms with Gasteiger partial charge in [0.25, 0.3) is 0 Å². The zero-order chi connectivity index (χ0) is 24.5. The second-order valence-corrected chi connectivity index (χ2v) is 11.4. The quantitative estimate of drug-likeness (QED) is 0.230. The van der Waals surface area contributed by atoms with E-state index in [2.05, 4.69) is 46.8 Å². The number of hydrogen-bond acceptors (Lipinski definition) is 4. The molecule has 0 saturated carbocycles. The highest BCUT2D eigenvalue weighted by Gasteiger charge is 2.33. The number of carbonyl (C=O) groups excluding carboxylic acids is 1. The van der Waals surface area contributed by atoms with Crippen LogP contribution in [0.2, 0.25) is 0 Å². The van der Waals surface area contributed by atoms with Crippen LogP contribution in [0.25, 0.3) is 0 Å². The van der Waals surface area contributed by atoms with Gasteiger partial charge in [-0.3, -0.25) is 4.79 Å². The fourth-order valence-electron chi connectivity index (χ4n) is 3.71. The molecule has 0 aliphatic heterocycles. The molecule has 0 radical (unpaired) electrons. The molecular weight excluding hydrogens is 400 g/mol. The molecule has 0 N–H and O–H groups in total. The number of benzene rings is 1. The van der Waals surface area contributed by atoms with Crippen LogP contribution in [-0.2, 0) is 14.3 Å². The Balaban J connectivity index is 2.60. The lowest BCUT2D eigenvalue weighted by molar-refractivity contribution is -0.159. The number of carbonyl (C=O) groups is 1. The van der Waals surface area contributed by atoms with Gasteiger partial charge in [0.1, 0.15) is 5.75 Å². The van der Waals surface area contributed by atoms with Crippen LogP contribution in [0.3, 0.4) is 0 Å². The molecule has 1 aromatic rings. The van der Waals surface area contributed by atoms with Gasteiger partial charge in [-0.05, 0) is 74.0 Å². The zero-order valence-corrected chi connectivity index (χ0v) is 22.3. The summed E-state index contributed by atoms with van der Waals surface area (Å²) in [6, 6.07) is 8.42. The van der Waals surface area contributed by atoms with Crippen LogP contribution >= 0.6 is 0 Å². The Kier molecular flexibility index (Phi) is 11.2. The molecule has 32 heavy (non-hydrogen) atoms. The number of esters is 1. The molecule has 0 spiro atoms. The Bertz CT molecular complexity index is 672. The zero-order valence-electron chi connectivity index (χ0n) is 22.3. The van der Waals surface area contributed by atoms with E-state index in [1.54, 1.807) is 0 Å². The van der Waals surface area contributed by atoms with Gasteiger partial charge in [-0.15, -0.1) is 0 Å². The van der Waals surface area contributed by atoms with Gasteiger partial charge < -0.3 is 14.2 Å². The molecule has 0 aliphatic carbocycles. The van der Waals surface area contributed by atoms with E-state index in [1.807, 2.05) is 46.8 Å². The summed E-state index contributed by atoms with van der Waals surface area (Å²) in [7, 11) is 0. The lowest BCUT2D eigenvalue weighted by atomic mass is 9.76. The van der Waals surface area contributed by atoms with E-state index >= 15 is 0 Å². The summed E-state index contributed by atoms with van der Waals surface area (Å²) in [5.74, 6) is 2.11. The Hall–Kier alpha value is -1.55. The van der Waals surface area contributed by atoms with Crippen LogP contribution in [-0.4, -0.2) is 25.5 Å². The Morgan fingerprint density at radius 3 is 2.03 bits per heavy atom. The minimum Gasteiger partial charge on any atom is -0.465 e. The first-order valence-electron chi connectivity index (χ1n) is 12.3. The summed E-state index contributed by atoms with van der Waals surface area (Å²) in [6.07, 6.45) is 2.09. The molecule has 4 nitrogen and oxygen atoms in total. The molecule has 184 valence electrons. The van der Waals surface area contributed by atoms with E-state index in [4.69, 9.17) is 14.2 Å². The number of hydrogen-bond donors (Lipinski definition) is 0. The molecule has 1 rings (SSSR count). The number of ether oxygens (including phenoxy) is 3. The van der Waals surface area contributed by atoms with E-state index < -0.39 is 5.41 Å². The summed E-state index contributed by atoms with van der Waals surface area (Å²) in [6.45, 7) is 22.3. The van der Waals surface area contributed by atoms with Crippen LogP contribution in [0.5, 0.6) is 5.75 Å². The summed E-state index contributed by atoms with van der Waals surface area (Å²) in [5, 5.41) is 0. The monoisotopic (exact) mass is 448 g/mol. The predicted octanol–water partition coefficient (Wildman–Crippen LogP) is 7.61. The molecule has 3 atom stereocenters. The standard InChI is InChI=1S/C28H48O4/c1-11-28(10,26(29)31-19-20(2)3)16-17-30-22(6)32-24-14-12-23(13-15-24)25(21(4)5)18-27(7,8)9/h12-15,20-22,25H,11,16-19H2,1-10H3. The molecule has 0 fully saturated rings. The third-order valence-electron chi connectivity index (χ3n) is 6.07. The topological polar surface area (TPSA) is 44.8 Å². The van der Waals surface area contributed by atoms with Gasteiger partial charge in [-0.2, -0.15) is 0 Å². The van der Waals surface area contributed by atoms with E-state index in [0.29, 0.717) is 42.8 Å². The summed E-state index contributed by atoms with van der Waals surface area (Å²) < 4.78 is 17.3. The second kappa shape index (κ2) is 12.6. The Labute approximate surface area is 197 Å². The van der Waals surface area contributed by atoms with Crippen molar-refractivity contribution in [3.63, 3.8) is 0 Å². The normalized spacial score (nSPS) is 16.0. The van der Waals surface area contributed by atoms with Gasteiger partial charge in [0.05, 0.1) is 18.6 Å². The molecule has 0 saturated heterocycles. The average Bonchev–Trinajstić information content (AvgIpc) is 2.69. The molecule has 0 bridgehead atoms. The van der Waals surface area contributed by atoms with E-state index in [9.17, 15) is 4.79 Å². The first kappa shape index (κ1) is 28.5. The lowest BCUT2D eigenvalue weighted by Crippen LogP contribution is -2.32. The van der Waals surface area contributed by atoms with Crippen LogP contribution in [0.15, 0.2) is 24.3 Å². The second-order valence-electron chi connectivity index (χ2n) is 11.4. The van der Waals surface area contributed by atoms with Gasteiger partial charge in [0.15, 0.2) is 6.29 Å². The summed E-state index contributed by atoms with van der Waals surface area (Å²) in [5.41, 5.74) is 1.12. The smallest absolute Gasteiger partial charge is 0.311 e. The third kappa shape index (κ3) is 9.94. The molecule has 0 aromatic heterocycles. The molecule has 3 unspecified atom stereocenters. The summed E-state index contributed by atoms with van der Waals surface area (Å²) in [4.78, 5) is 12.5. The highest BCUT2D eigenvalue weighted by atomic mass is 16.7. The third-order valence-corrected chi connectivity index (χ3v) is 6.07. The van der Waals surface area contributed by atoms with Crippen molar-refractivity contribution >= 4 is 5.97 Å². The van der Waals surface area contributed by atoms with Crippen molar-refractivity contribution in [3.05, 3.63) is 29.8 Å². The van der Waals surface area contributed by atoms with Crippen molar-refractivity contribution in [2.24, 2.45) is 22.7 Å².